The van der Waals surface area contributed by atoms with Crippen molar-refractivity contribution in [3.8, 4) is 0 Å². The van der Waals surface area contributed by atoms with Gasteiger partial charge in [-0.15, -0.1) is 0 Å². The second kappa shape index (κ2) is 9.50. The number of aryl methyl sites for hydroxylation is 2. The summed E-state index contributed by atoms with van der Waals surface area (Å²) in [6.07, 6.45) is 0. The lowest BCUT2D eigenvalue weighted by Crippen LogP contribution is -2.49. The van der Waals surface area contributed by atoms with Crippen molar-refractivity contribution in [3.05, 3.63) is 47.4 Å². The monoisotopic (exact) mass is 433 g/mol. The Morgan fingerprint density at radius 2 is 1.77 bits per heavy atom. The second-order valence-electron chi connectivity index (χ2n) is 7.11. The first-order chi connectivity index (χ1) is 14.3. The standard InChI is InChI=1S/C20H27N5O4S/c1-15-14-19(23-16(2)22-15)24-9-11-25(12-10-24)20(26)17-4-6-18(7-5-17)30(27,28)21-8-13-29-3/h4-7,14,21H,8-13H2,1-3H3. The van der Waals surface area contributed by atoms with E-state index in [-0.39, 0.29) is 24.0 Å². The van der Waals surface area contributed by atoms with E-state index in [2.05, 4.69) is 19.6 Å². The van der Waals surface area contributed by atoms with Gasteiger partial charge >= 0.3 is 0 Å². The first kappa shape index (κ1) is 22.1. The molecule has 162 valence electrons. The van der Waals surface area contributed by atoms with Crippen LogP contribution in [0.5, 0.6) is 0 Å². The van der Waals surface area contributed by atoms with Crippen LogP contribution in [-0.4, -0.2) is 75.6 Å². The maximum absolute atomic E-state index is 12.8. The molecule has 1 aliphatic rings. The van der Waals surface area contributed by atoms with E-state index in [1.807, 2.05) is 19.9 Å². The number of benzene rings is 1. The molecule has 0 radical (unpaired) electrons. The van der Waals surface area contributed by atoms with Gasteiger partial charge in [-0.25, -0.2) is 23.1 Å². The van der Waals surface area contributed by atoms with Crippen LogP contribution in [0.25, 0.3) is 0 Å². The van der Waals surface area contributed by atoms with Crippen molar-refractivity contribution in [1.82, 2.24) is 19.6 Å². The fraction of sp³-hybridized carbons (Fsp3) is 0.450. The molecule has 0 aliphatic carbocycles. The quantitative estimate of drug-likeness (QED) is 0.649. The summed E-state index contributed by atoms with van der Waals surface area (Å²) in [5, 5.41) is 0. The molecular formula is C20H27N5O4S. The van der Waals surface area contributed by atoms with Gasteiger partial charge in [0.05, 0.1) is 11.5 Å². The highest BCUT2D eigenvalue weighted by molar-refractivity contribution is 7.89. The molecule has 30 heavy (non-hydrogen) atoms. The third-order valence-electron chi connectivity index (χ3n) is 4.85. The van der Waals surface area contributed by atoms with Crippen LogP contribution < -0.4 is 9.62 Å². The van der Waals surface area contributed by atoms with Crippen molar-refractivity contribution in [2.24, 2.45) is 0 Å². The average molecular weight is 434 g/mol. The zero-order valence-electron chi connectivity index (χ0n) is 17.5. The van der Waals surface area contributed by atoms with E-state index in [1.54, 1.807) is 17.0 Å². The molecule has 0 spiro atoms. The minimum atomic E-state index is -3.62. The van der Waals surface area contributed by atoms with Gasteiger partial charge in [0.25, 0.3) is 5.91 Å². The Morgan fingerprint density at radius 3 is 2.37 bits per heavy atom. The van der Waals surface area contributed by atoms with Crippen LogP contribution in [0.4, 0.5) is 5.82 Å². The van der Waals surface area contributed by atoms with Crippen molar-refractivity contribution in [2.45, 2.75) is 18.7 Å². The molecule has 10 heteroatoms. The third kappa shape index (κ3) is 5.32. The fourth-order valence-electron chi connectivity index (χ4n) is 3.32. The number of hydrogen-bond acceptors (Lipinski definition) is 7. The molecule has 1 aromatic heterocycles. The Kier molecular flexibility index (Phi) is 7.01. The minimum absolute atomic E-state index is 0.110. The number of carbonyl (C=O) groups excluding carboxylic acids is 1. The van der Waals surface area contributed by atoms with Gasteiger partial charge in [0.2, 0.25) is 10.0 Å². The van der Waals surface area contributed by atoms with Gasteiger partial charge in [-0.1, -0.05) is 0 Å². The van der Waals surface area contributed by atoms with Gasteiger partial charge in [-0.05, 0) is 38.1 Å². The Bertz CT molecular complexity index is 967. The number of nitrogens with zero attached hydrogens (tertiary/aromatic N) is 4. The number of ether oxygens (including phenoxy) is 1. The van der Waals surface area contributed by atoms with Gasteiger partial charge in [-0.2, -0.15) is 0 Å². The fourth-order valence-corrected chi connectivity index (χ4v) is 4.33. The number of anilines is 1. The number of hydrogen-bond donors (Lipinski definition) is 1. The van der Waals surface area contributed by atoms with Crippen LogP contribution in [0.15, 0.2) is 35.2 Å². The zero-order valence-corrected chi connectivity index (χ0v) is 18.3. The summed E-state index contributed by atoms with van der Waals surface area (Å²) in [6.45, 7) is 6.78. The lowest BCUT2D eigenvalue weighted by Gasteiger charge is -2.35. The first-order valence-electron chi connectivity index (χ1n) is 9.75. The molecule has 0 unspecified atom stereocenters. The smallest absolute Gasteiger partial charge is 0.253 e. The van der Waals surface area contributed by atoms with Gasteiger partial charge in [-0.3, -0.25) is 4.79 Å². The predicted octanol–water partition coefficient (Wildman–Crippen LogP) is 0.981. The lowest BCUT2D eigenvalue weighted by molar-refractivity contribution is 0.0746. The van der Waals surface area contributed by atoms with Crippen molar-refractivity contribution in [1.29, 1.82) is 0 Å². The molecule has 1 fully saturated rings. The van der Waals surface area contributed by atoms with Gasteiger partial charge in [0.1, 0.15) is 11.6 Å². The van der Waals surface area contributed by atoms with Crippen molar-refractivity contribution in [2.75, 3.05) is 51.3 Å². The summed E-state index contributed by atoms with van der Waals surface area (Å²) in [7, 11) is -2.11. The summed E-state index contributed by atoms with van der Waals surface area (Å²) in [6, 6.07) is 7.95. The minimum Gasteiger partial charge on any atom is -0.383 e. The molecule has 2 aromatic rings. The van der Waals surface area contributed by atoms with Crippen LogP contribution in [0.2, 0.25) is 0 Å². The lowest BCUT2D eigenvalue weighted by atomic mass is 10.2. The molecule has 1 aliphatic heterocycles. The normalized spacial score (nSPS) is 14.8. The van der Waals surface area contributed by atoms with Crippen molar-refractivity contribution in [3.63, 3.8) is 0 Å². The highest BCUT2D eigenvalue weighted by atomic mass is 32.2. The summed E-state index contributed by atoms with van der Waals surface area (Å²) in [5.41, 5.74) is 1.38. The first-order valence-corrected chi connectivity index (χ1v) is 11.2. The van der Waals surface area contributed by atoms with E-state index in [9.17, 15) is 13.2 Å². The van der Waals surface area contributed by atoms with Crippen LogP contribution in [-0.2, 0) is 14.8 Å². The highest BCUT2D eigenvalue weighted by Crippen LogP contribution is 2.17. The summed E-state index contributed by atoms with van der Waals surface area (Å²) >= 11 is 0. The maximum Gasteiger partial charge on any atom is 0.253 e. The van der Waals surface area contributed by atoms with E-state index in [0.29, 0.717) is 31.7 Å². The predicted molar refractivity (Wildman–Crippen MR) is 113 cm³/mol. The zero-order chi connectivity index (χ0) is 21.7. The number of rotatable bonds is 7. The largest absolute Gasteiger partial charge is 0.383 e. The molecule has 1 saturated heterocycles. The molecule has 0 bridgehead atoms. The molecular weight excluding hydrogens is 406 g/mol. The average Bonchev–Trinajstić information content (AvgIpc) is 2.73. The molecule has 0 saturated carbocycles. The van der Waals surface area contributed by atoms with Gasteiger partial charge < -0.3 is 14.5 Å². The van der Waals surface area contributed by atoms with E-state index >= 15 is 0 Å². The summed E-state index contributed by atoms with van der Waals surface area (Å²) < 4.78 is 31.8. The van der Waals surface area contributed by atoms with Gasteiger partial charge in [0, 0.05) is 57.2 Å². The molecule has 9 nitrogen and oxygen atoms in total. The SMILES string of the molecule is COCCNS(=O)(=O)c1ccc(C(=O)N2CCN(c3cc(C)nc(C)n3)CC2)cc1. The number of carbonyl (C=O) groups is 1. The number of nitrogens with one attached hydrogen (secondary N) is 1. The molecule has 2 heterocycles. The van der Waals surface area contributed by atoms with E-state index in [4.69, 9.17) is 4.74 Å². The Hall–Kier alpha value is -2.56. The van der Waals surface area contributed by atoms with E-state index < -0.39 is 10.0 Å². The third-order valence-corrected chi connectivity index (χ3v) is 6.33. The van der Waals surface area contributed by atoms with Gasteiger partial charge in [0.15, 0.2) is 0 Å². The summed E-state index contributed by atoms with van der Waals surface area (Å²) in [5.74, 6) is 1.50. The number of methoxy groups -OCH3 is 1. The van der Waals surface area contributed by atoms with Crippen LogP contribution >= 0.6 is 0 Å². The Morgan fingerprint density at radius 1 is 1.10 bits per heavy atom. The number of sulfonamides is 1. The molecule has 3 rings (SSSR count). The summed E-state index contributed by atoms with van der Waals surface area (Å²) in [4.78, 5) is 25.7. The topological polar surface area (TPSA) is 105 Å². The number of aromatic nitrogens is 2. The van der Waals surface area contributed by atoms with Crippen LogP contribution in [0, 0.1) is 13.8 Å². The highest BCUT2D eigenvalue weighted by Gasteiger charge is 2.24. The Balaban J connectivity index is 1.61. The van der Waals surface area contributed by atoms with E-state index in [1.165, 1.54) is 19.2 Å². The molecule has 1 amide bonds. The molecule has 1 aromatic carbocycles. The number of amides is 1. The second-order valence-corrected chi connectivity index (χ2v) is 8.88. The Labute approximate surface area is 177 Å². The van der Waals surface area contributed by atoms with Crippen LogP contribution in [0.3, 0.4) is 0 Å². The van der Waals surface area contributed by atoms with E-state index in [0.717, 1.165) is 17.3 Å². The molecule has 1 N–H and O–H groups in total. The van der Waals surface area contributed by atoms with Crippen molar-refractivity contribution < 1.29 is 17.9 Å². The van der Waals surface area contributed by atoms with Crippen molar-refractivity contribution >= 4 is 21.7 Å². The number of piperazine rings is 1. The van der Waals surface area contributed by atoms with Crippen LogP contribution in [0.1, 0.15) is 21.9 Å². The maximum atomic E-state index is 12.8. The molecule has 0 atom stereocenters.